The van der Waals surface area contributed by atoms with Crippen LogP contribution in [0.4, 0.5) is 26.2 Å². The highest BCUT2D eigenvalue weighted by atomic mass is 19.3. The summed E-state index contributed by atoms with van der Waals surface area (Å²) in [5.74, 6) is 1.36. The van der Waals surface area contributed by atoms with Crippen LogP contribution in [0, 0.1) is 28.1 Å². The number of amides is 1. The maximum Gasteiger partial charge on any atom is 0.265 e. The number of piperazine rings is 1. The van der Waals surface area contributed by atoms with Gasteiger partial charge in [-0.05, 0) is 45.7 Å². The number of nitriles is 2. The number of nitrogens with zero attached hydrogens (tertiary/aromatic N) is 8. The molecule has 2 aromatic heterocycles. The summed E-state index contributed by atoms with van der Waals surface area (Å²) < 4.78 is 27.3. The Balaban J connectivity index is 1.50. The van der Waals surface area contributed by atoms with E-state index in [0.29, 0.717) is 24.5 Å². The minimum Gasteiger partial charge on any atom is -0.350 e. The van der Waals surface area contributed by atoms with E-state index in [9.17, 15) is 24.1 Å². The molecule has 2 aliphatic heterocycles. The number of carbonyl (C=O) groups excluding carboxylic acids is 1. The van der Waals surface area contributed by atoms with E-state index in [1.54, 1.807) is 18.3 Å². The number of aromatic nitrogens is 3. The van der Waals surface area contributed by atoms with Crippen LogP contribution in [0.15, 0.2) is 24.7 Å². The lowest BCUT2D eigenvalue weighted by molar-refractivity contribution is -0.148. The Hall–Kier alpha value is -3.86. The second kappa shape index (κ2) is 8.91. The molecular formula is C26H28F2N8O. The summed E-state index contributed by atoms with van der Waals surface area (Å²) in [5.41, 5.74) is -0.958. The van der Waals surface area contributed by atoms with Crippen molar-refractivity contribution in [3.63, 3.8) is 0 Å². The quantitative estimate of drug-likeness (QED) is 0.619. The van der Waals surface area contributed by atoms with Crippen molar-refractivity contribution < 1.29 is 13.6 Å². The molecule has 37 heavy (non-hydrogen) atoms. The highest BCUT2D eigenvalue weighted by Crippen LogP contribution is 2.56. The van der Waals surface area contributed by atoms with Crippen molar-refractivity contribution in [3.05, 3.63) is 35.8 Å². The molecule has 1 spiro atoms. The van der Waals surface area contributed by atoms with Crippen molar-refractivity contribution in [1.82, 2.24) is 19.9 Å². The average Bonchev–Trinajstić information content (AvgIpc) is 3.25. The monoisotopic (exact) mass is 506 g/mol. The van der Waals surface area contributed by atoms with Gasteiger partial charge < -0.3 is 14.7 Å². The summed E-state index contributed by atoms with van der Waals surface area (Å²) in [6, 6.07) is 6.51. The Kier molecular flexibility index (Phi) is 5.98. The minimum absolute atomic E-state index is 0.138. The predicted molar refractivity (Wildman–Crippen MR) is 131 cm³/mol. The first-order valence-corrected chi connectivity index (χ1v) is 12.4. The summed E-state index contributed by atoms with van der Waals surface area (Å²) in [6.45, 7) is 6.03. The Morgan fingerprint density at radius 1 is 1.16 bits per heavy atom. The van der Waals surface area contributed by atoms with Gasteiger partial charge in [0.1, 0.15) is 23.8 Å². The summed E-state index contributed by atoms with van der Waals surface area (Å²) >= 11 is 0. The normalized spacial score (nSPS) is 23.7. The molecule has 0 aromatic carbocycles. The molecule has 9 nitrogen and oxygen atoms in total. The van der Waals surface area contributed by atoms with Crippen molar-refractivity contribution in [3.8, 4) is 12.1 Å². The molecule has 3 atom stereocenters. The Bertz CT molecular complexity index is 1320. The van der Waals surface area contributed by atoms with Gasteiger partial charge in [0.15, 0.2) is 5.41 Å². The van der Waals surface area contributed by atoms with E-state index in [4.69, 9.17) is 4.98 Å². The lowest BCUT2D eigenvalue weighted by Gasteiger charge is -2.48. The van der Waals surface area contributed by atoms with E-state index in [1.165, 1.54) is 17.3 Å². The molecular weight excluding hydrogens is 478 g/mol. The van der Waals surface area contributed by atoms with E-state index in [0.717, 1.165) is 43.4 Å². The second-order valence-corrected chi connectivity index (χ2v) is 10.6. The first-order valence-electron chi connectivity index (χ1n) is 12.4. The Labute approximate surface area is 214 Å². The van der Waals surface area contributed by atoms with Gasteiger partial charge in [-0.15, -0.1) is 0 Å². The third kappa shape index (κ3) is 3.76. The van der Waals surface area contributed by atoms with E-state index in [-0.39, 0.29) is 18.0 Å². The van der Waals surface area contributed by atoms with Crippen LogP contribution in [-0.2, 0) is 10.2 Å². The maximum atomic E-state index is 13.6. The molecule has 2 aromatic rings. The van der Waals surface area contributed by atoms with E-state index >= 15 is 0 Å². The number of rotatable bonds is 4. The lowest BCUT2D eigenvalue weighted by Crippen LogP contribution is -2.61. The molecule has 11 heteroatoms. The third-order valence-corrected chi connectivity index (χ3v) is 8.15. The van der Waals surface area contributed by atoms with Gasteiger partial charge in [0.2, 0.25) is 5.91 Å². The van der Waals surface area contributed by atoms with Crippen LogP contribution in [0.25, 0.3) is 0 Å². The number of carbonyl (C=O) groups is 1. The second-order valence-electron chi connectivity index (χ2n) is 10.6. The molecule has 1 amide bonds. The van der Waals surface area contributed by atoms with Crippen LogP contribution >= 0.6 is 0 Å². The smallest absolute Gasteiger partial charge is 0.265 e. The van der Waals surface area contributed by atoms with Crippen molar-refractivity contribution in [2.75, 3.05) is 29.4 Å². The van der Waals surface area contributed by atoms with Crippen LogP contribution in [0.3, 0.4) is 0 Å². The first-order chi connectivity index (χ1) is 17.6. The fourth-order valence-corrected chi connectivity index (χ4v) is 5.75. The fourth-order valence-electron chi connectivity index (χ4n) is 5.75. The van der Waals surface area contributed by atoms with Gasteiger partial charge in [-0.2, -0.15) is 10.5 Å². The summed E-state index contributed by atoms with van der Waals surface area (Å²) in [4.78, 5) is 32.5. The molecule has 192 valence electrons. The molecule has 0 bridgehead atoms. The predicted octanol–water partition coefficient (Wildman–Crippen LogP) is 3.54. The Morgan fingerprint density at radius 3 is 2.51 bits per heavy atom. The van der Waals surface area contributed by atoms with Crippen LogP contribution in [0.1, 0.15) is 51.2 Å². The van der Waals surface area contributed by atoms with Gasteiger partial charge in [-0.3, -0.25) is 4.79 Å². The first kappa shape index (κ1) is 24.8. The number of hydrogen-bond acceptors (Lipinski definition) is 8. The summed E-state index contributed by atoms with van der Waals surface area (Å²) in [6.07, 6.45) is 3.11. The molecule has 0 unspecified atom stereocenters. The standard InChI is InChI=1S/C26H28F2N8O/c1-16-12-35(24(37)25(3,13-30)23(27)28)17(2)11-34(16)21-20-22(33-15-32-21)36(14-26(20)6-4-7-26)19-9-18(10-29)5-8-31-19/h5,8-9,15-17,23H,4,6-7,11-12,14H2,1-3H3/t16-,17+,25-/m0/s1. The molecule has 0 radical (unpaired) electrons. The van der Waals surface area contributed by atoms with E-state index in [1.807, 2.05) is 13.8 Å². The minimum atomic E-state index is -3.08. The third-order valence-electron chi connectivity index (χ3n) is 8.15. The van der Waals surface area contributed by atoms with Crippen LogP contribution in [0.5, 0.6) is 0 Å². The SMILES string of the molecule is C[C@@H]1CN(c2ncnc3c2C2(CCC2)CN3c2cc(C#N)ccn2)[C@@H](C)CN1C(=O)[C@@](C)(C#N)C(F)F. The zero-order valence-corrected chi connectivity index (χ0v) is 21.0. The van der Waals surface area contributed by atoms with Gasteiger partial charge in [-0.1, -0.05) is 6.42 Å². The van der Waals surface area contributed by atoms with Crippen LogP contribution in [-0.4, -0.2) is 63.9 Å². The lowest BCUT2D eigenvalue weighted by atomic mass is 9.66. The van der Waals surface area contributed by atoms with Gasteiger partial charge in [-0.25, -0.2) is 23.7 Å². The molecule has 5 rings (SSSR count). The van der Waals surface area contributed by atoms with Crippen LogP contribution < -0.4 is 9.80 Å². The molecule has 0 N–H and O–H groups in total. The number of hydrogen-bond donors (Lipinski definition) is 0. The molecule has 1 saturated heterocycles. The molecule has 1 saturated carbocycles. The van der Waals surface area contributed by atoms with Crippen molar-refractivity contribution in [2.45, 2.75) is 64.0 Å². The van der Waals surface area contributed by atoms with Crippen molar-refractivity contribution in [2.24, 2.45) is 5.41 Å². The topological polar surface area (TPSA) is 113 Å². The van der Waals surface area contributed by atoms with Gasteiger partial charge >= 0.3 is 0 Å². The van der Waals surface area contributed by atoms with Gasteiger partial charge in [0, 0.05) is 48.9 Å². The number of fused-ring (bicyclic) bond motifs is 2. The Morgan fingerprint density at radius 2 is 1.89 bits per heavy atom. The van der Waals surface area contributed by atoms with Crippen LogP contribution in [0.2, 0.25) is 0 Å². The zero-order chi connectivity index (χ0) is 26.5. The van der Waals surface area contributed by atoms with E-state index in [2.05, 4.69) is 25.8 Å². The molecule has 4 heterocycles. The highest BCUT2D eigenvalue weighted by molar-refractivity contribution is 5.86. The number of halogens is 2. The number of alkyl halides is 2. The van der Waals surface area contributed by atoms with E-state index < -0.39 is 23.8 Å². The average molecular weight is 507 g/mol. The highest BCUT2D eigenvalue weighted by Gasteiger charge is 2.53. The van der Waals surface area contributed by atoms with Crippen molar-refractivity contribution in [1.29, 1.82) is 10.5 Å². The summed E-state index contributed by atoms with van der Waals surface area (Å²) in [7, 11) is 0. The molecule has 1 aliphatic carbocycles. The largest absolute Gasteiger partial charge is 0.350 e. The summed E-state index contributed by atoms with van der Waals surface area (Å²) in [5, 5.41) is 18.7. The van der Waals surface area contributed by atoms with Gasteiger partial charge in [0.05, 0.1) is 17.7 Å². The van der Waals surface area contributed by atoms with Gasteiger partial charge in [0.25, 0.3) is 6.43 Å². The molecule has 2 fully saturated rings. The number of pyridine rings is 1. The van der Waals surface area contributed by atoms with Crippen molar-refractivity contribution >= 4 is 23.4 Å². The molecule has 3 aliphatic rings. The number of anilines is 3. The maximum absolute atomic E-state index is 13.6. The fraction of sp³-hybridized carbons (Fsp3) is 0.538. The zero-order valence-electron chi connectivity index (χ0n) is 21.0.